The second-order valence-corrected chi connectivity index (χ2v) is 5.34. The fourth-order valence-corrected chi connectivity index (χ4v) is 2.24. The maximum Gasteiger partial charge on any atom is 0.412 e. The number of methoxy groups -OCH3 is 1. The van der Waals surface area contributed by atoms with Gasteiger partial charge in [-0.05, 0) is 43.9 Å². The second-order valence-electron chi connectivity index (χ2n) is 5.34. The van der Waals surface area contributed by atoms with Gasteiger partial charge >= 0.3 is 6.09 Å². The van der Waals surface area contributed by atoms with Crippen molar-refractivity contribution >= 4 is 6.09 Å². The lowest BCUT2D eigenvalue weighted by atomic mass is 10.1. The highest BCUT2D eigenvalue weighted by atomic mass is 16.6. The molecule has 1 N–H and O–H groups in total. The molecule has 2 aromatic rings. The third-order valence-corrected chi connectivity index (χ3v) is 3.52. The Balaban J connectivity index is 1.95. The molecule has 5 nitrogen and oxygen atoms in total. The summed E-state index contributed by atoms with van der Waals surface area (Å²) in [6.45, 7) is 0.449. The van der Waals surface area contributed by atoms with E-state index in [-0.39, 0.29) is 6.04 Å². The van der Waals surface area contributed by atoms with Crippen LogP contribution in [0.25, 0.3) is 0 Å². The van der Waals surface area contributed by atoms with Crippen molar-refractivity contribution in [3.05, 3.63) is 60.2 Å². The van der Waals surface area contributed by atoms with Crippen LogP contribution in [0.15, 0.2) is 54.6 Å². The lowest BCUT2D eigenvalue weighted by molar-refractivity contribution is 0.194. The Morgan fingerprint density at radius 2 is 1.70 bits per heavy atom. The first-order valence-electron chi connectivity index (χ1n) is 7.41. The van der Waals surface area contributed by atoms with Gasteiger partial charge in [-0.3, -0.25) is 0 Å². The van der Waals surface area contributed by atoms with Gasteiger partial charge in [0, 0.05) is 6.54 Å². The van der Waals surface area contributed by atoms with Crippen LogP contribution in [-0.4, -0.2) is 38.7 Å². The predicted molar refractivity (Wildman–Crippen MR) is 89.9 cm³/mol. The SMILES string of the molecule is COc1ccc(C(CNC(=O)Oc2ccccc2)N(C)C)cc1. The Bertz CT molecular complexity index is 612. The highest BCUT2D eigenvalue weighted by Crippen LogP contribution is 2.20. The average molecular weight is 314 g/mol. The van der Waals surface area contributed by atoms with Crippen molar-refractivity contribution in [3.8, 4) is 11.5 Å². The molecular weight excluding hydrogens is 292 g/mol. The third-order valence-electron chi connectivity index (χ3n) is 3.52. The molecule has 0 saturated carbocycles. The highest BCUT2D eigenvalue weighted by molar-refractivity contribution is 5.70. The standard InChI is InChI=1S/C18H22N2O3/c1-20(2)17(14-9-11-15(22-3)12-10-14)13-19-18(21)23-16-7-5-4-6-8-16/h4-12,17H,13H2,1-3H3,(H,19,21). The van der Waals surface area contributed by atoms with Crippen molar-refractivity contribution in [3.63, 3.8) is 0 Å². The van der Waals surface area contributed by atoms with Crippen LogP contribution >= 0.6 is 0 Å². The van der Waals surface area contributed by atoms with E-state index in [4.69, 9.17) is 9.47 Å². The molecule has 0 aliphatic heterocycles. The Morgan fingerprint density at radius 3 is 2.26 bits per heavy atom. The lowest BCUT2D eigenvalue weighted by Crippen LogP contribution is -2.36. The van der Waals surface area contributed by atoms with Gasteiger partial charge in [0.25, 0.3) is 0 Å². The fraction of sp³-hybridized carbons (Fsp3) is 0.278. The van der Waals surface area contributed by atoms with Crippen molar-refractivity contribution in [2.24, 2.45) is 0 Å². The van der Waals surface area contributed by atoms with Crippen LogP contribution in [0.5, 0.6) is 11.5 Å². The van der Waals surface area contributed by atoms with Gasteiger partial charge in [0.05, 0.1) is 13.2 Å². The smallest absolute Gasteiger partial charge is 0.412 e. The molecule has 0 fully saturated rings. The first-order valence-corrected chi connectivity index (χ1v) is 7.41. The van der Waals surface area contributed by atoms with E-state index in [2.05, 4.69) is 5.32 Å². The second kappa shape index (κ2) is 8.19. The van der Waals surface area contributed by atoms with Crippen LogP contribution in [0, 0.1) is 0 Å². The molecule has 0 saturated heterocycles. The molecule has 0 aliphatic rings. The lowest BCUT2D eigenvalue weighted by Gasteiger charge is -2.25. The summed E-state index contributed by atoms with van der Waals surface area (Å²) < 4.78 is 10.4. The summed E-state index contributed by atoms with van der Waals surface area (Å²) in [6.07, 6.45) is -0.462. The van der Waals surface area contributed by atoms with Gasteiger partial charge in [0.2, 0.25) is 0 Å². The molecule has 5 heteroatoms. The van der Waals surface area contributed by atoms with Gasteiger partial charge in [-0.25, -0.2) is 4.79 Å². The molecule has 0 bridgehead atoms. The van der Waals surface area contributed by atoms with Gasteiger partial charge in [-0.1, -0.05) is 30.3 Å². The van der Waals surface area contributed by atoms with Gasteiger partial charge < -0.3 is 19.7 Å². The van der Waals surface area contributed by atoms with Crippen molar-refractivity contribution in [2.45, 2.75) is 6.04 Å². The topological polar surface area (TPSA) is 50.8 Å². The number of benzene rings is 2. The highest BCUT2D eigenvalue weighted by Gasteiger charge is 2.16. The number of para-hydroxylation sites is 1. The van der Waals surface area contributed by atoms with E-state index in [1.165, 1.54) is 0 Å². The molecule has 1 unspecified atom stereocenters. The molecule has 0 spiro atoms. The number of ether oxygens (including phenoxy) is 2. The predicted octanol–water partition coefficient (Wildman–Crippen LogP) is 3.09. The first-order chi connectivity index (χ1) is 11.1. The molecular formula is C18H22N2O3. The monoisotopic (exact) mass is 314 g/mol. The molecule has 0 radical (unpaired) electrons. The molecule has 0 aliphatic carbocycles. The van der Waals surface area contributed by atoms with E-state index >= 15 is 0 Å². The Morgan fingerprint density at radius 1 is 1.04 bits per heavy atom. The Kier molecular flexibility index (Phi) is 6.00. The minimum absolute atomic E-state index is 0.0456. The van der Waals surface area contributed by atoms with Gasteiger partial charge in [0.1, 0.15) is 11.5 Å². The summed E-state index contributed by atoms with van der Waals surface area (Å²) in [5, 5.41) is 2.81. The number of nitrogens with one attached hydrogen (secondary N) is 1. The molecule has 1 amide bonds. The van der Waals surface area contributed by atoms with E-state index < -0.39 is 6.09 Å². The molecule has 23 heavy (non-hydrogen) atoms. The molecule has 2 aromatic carbocycles. The van der Waals surface area contributed by atoms with Gasteiger partial charge in [-0.15, -0.1) is 0 Å². The molecule has 0 heterocycles. The van der Waals surface area contributed by atoms with E-state index in [1.54, 1.807) is 19.2 Å². The van der Waals surface area contributed by atoms with Crippen LogP contribution in [0.1, 0.15) is 11.6 Å². The van der Waals surface area contributed by atoms with Crippen LogP contribution in [0.3, 0.4) is 0 Å². The number of hydrogen-bond acceptors (Lipinski definition) is 4. The third kappa shape index (κ3) is 5.00. The number of rotatable bonds is 6. The zero-order valence-electron chi connectivity index (χ0n) is 13.7. The van der Waals surface area contributed by atoms with Crippen LogP contribution in [-0.2, 0) is 0 Å². The maximum absolute atomic E-state index is 11.9. The van der Waals surface area contributed by atoms with Gasteiger partial charge in [-0.2, -0.15) is 0 Å². The quantitative estimate of drug-likeness (QED) is 0.890. The van der Waals surface area contributed by atoms with Crippen LogP contribution in [0.4, 0.5) is 4.79 Å². The van der Waals surface area contributed by atoms with E-state index in [0.717, 1.165) is 11.3 Å². The minimum atomic E-state index is -0.462. The number of amides is 1. The summed E-state index contributed by atoms with van der Waals surface area (Å²) in [5.41, 5.74) is 1.09. The first kappa shape index (κ1) is 16.8. The number of carbonyl (C=O) groups is 1. The minimum Gasteiger partial charge on any atom is -0.497 e. The average Bonchev–Trinajstić information content (AvgIpc) is 2.56. The van der Waals surface area contributed by atoms with Crippen LogP contribution in [0.2, 0.25) is 0 Å². The van der Waals surface area contributed by atoms with Crippen molar-refractivity contribution in [1.29, 1.82) is 0 Å². The Labute approximate surface area is 136 Å². The van der Waals surface area contributed by atoms with E-state index in [0.29, 0.717) is 12.3 Å². The number of nitrogens with zero attached hydrogens (tertiary/aromatic N) is 1. The number of likely N-dealkylation sites (N-methyl/N-ethyl adjacent to an activating group) is 1. The summed E-state index contributed by atoms with van der Waals surface area (Å²) in [7, 11) is 5.58. The largest absolute Gasteiger partial charge is 0.497 e. The molecule has 0 aromatic heterocycles. The fourth-order valence-electron chi connectivity index (χ4n) is 2.24. The normalized spacial score (nSPS) is 11.8. The molecule has 1 atom stereocenters. The number of hydrogen-bond donors (Lipinski definition) is 1. The zero-order valence-corrected chi connectivity index (χ0v) is 13.7. The van der Waals surface area contributed by atoms with Crippen LogP contribution < -0.4 is 14.8 Å². The van der Waals surface area contributed by atoms with Gasteiger partial charge in [0.15, 0.2) is 0 Å². The van der Waals surface area contributed by atoms with E-state index in [9.17, 15) is 4.79 Å². The Hall–Kier alpha value is -2.53. The van der Waals surface area contributed by atoms with E-state index in [1.807, 2.05) is 61.5 Å². The summed E-state index contributed by atoms with van der Waals surface area (Å²) in [5.74, 6) is 1.33. The summed E-state index contributed by atoms with van der Waals surface area (Å²) in [4.78, 5) is 13.9. The van der Waals surface area contributed by atoms with Crippen molar-refractivity contribution in [2.75, 3.05) is 27.7 Å². The summed E-state index contributed by atoms with van der Waals surface area (Å²) >= 11 is 0. The molecule has 2 rings (SSSR count). The summed E-state index contributed by atoms with van der Waals surface area (Å²) in [6, 6.07) is 16.9. The van der Waals surface area contributed by atoms with Crippen molar-refractivity contribution < 1.29 is 14.3 Å². The van der Waals surface area contributed by atoms with Crippen molar-refractivity contribution in [1.82, 2.24) is 10.2 Å². The zero-order chi connectivity index (χ0) is 16.7. The number of carbonyl (C=O) groups excluding carboxylic acids is 1. The maximum atomic E-state index is 11.9. The molecule has 122 valence electrons.